The maximum atomic E-state index is 10.1. The summed E-state index contributed by atoms with van der Waals surface area (Å²) in [4.78, 5) is 0. The third-order valence-electron chi connectivity index (χ3n) is 3.74. The van der Waals surface area contributed by atoms with Crippen LogP contribution in [0.25, 0.3) is 0 Å². The number of rotatable bonds is 7. The number of benzene rings is 1. The molecular weight excluding hydrogens is 252 g/mol. The zero-order valence-corrected chi connectivity index (χ0v) is 12.5. The van der Waals surface area contributed by atoms with E-state index < -0.39 is 6.10 Å². The predicted octanol–water partition coefficient (Wildman–Crippen LogP) is 3.71. The maximum Gasteiger partial charge on any atom is 0.119 e. The Morgan fingerprint density at radius 2 is 1.80 bits per heavy atom. The fourth-order valence-electron chi connectivity index (χ4n) is 2.66. The zero-order valence-electron chi connectivity index (χ0n) is 12.5. The summed E-state index contributed by atoms with van der Waals surface area (Å²) in [5.74, 6) is 1.53. The quantitative estimate of drug-likeness (QED) is 0.826. The molecule has 1 aromatic rings. The first-order chi connectivity index (χ1) is 9.65. The Morgan fingerprint density at radius 3 is 2.40 bits per heavy atom. The summed E-state index contributed by atoms with van der Waals surface area (Å²) in [6, 6.07) is 7.60. The molecular formula is C17H26O3. The molecule has 0 saturated heterocycles. The Bertz CT molecular complexity index is 380. The molecule has 0 amide bonds. The molecule has 112 valence electrons. The summed E-state index contributed by atoms with van der Waals surface area (Å²) < 4.78 is 11.2. The van der Waals surface area contributed by atoms with E-state index in [1.54, 1.807) is 0 Å². The van der Waals surface area contributed by atoms with E-state index in [1.165, 1.54) is 25.7 Å². The van der Waals surface area contributed by atoms with E-state index >= 15 is 0 Å². The van der Waals surface area contributed by atoms with Crippen LogP contribution in [0.2, 0.25) is 0 Å². The summed E-state index contributed by atoms with van der Waals surface area (Å²) in [7, 11) is 0. The largest absolute Gasteiger partial charge is 0.491 e. The number of hydrogen-bond donors (Lipinski definition) is 1. The molecule has 0 heterocycles. The van der Waals surface area contributed by atoms with Crippen LogP contribution >= 0.6 is 0 Å². The van der Waals surface area contributed by atoms with Crippen molar-refractivity contribution in [3.05, 3.63) is 29.8 Å². The van der Waals surface area contributed by atoms with Crippen molar-refractivity contribution in [3.8, 4) is 5.75 Å². The van der Waals surface area contributed by atoms with E-state index in [0.717, 1.165) is 17.9 Å². The van der Waals surface area contributed by atoms with Gasteiger partial charge in [0.25, 0.3) is 0 Å². The highest BCUT2D eigenvalue weighted by atomic mass is 16.5. The molecule has 20 heavy (non-hydrogen) atoms. The van der Waals surface area contributed by atoms with Gasteiger partial charge in [-0.1, -0.05) is 25.0 Å². The molecule has 1 fully saturated rings. The van der Waals surface area contributed by atoms with E-state index in [1.807, 2.05) is 38.1 Å². The van der Waals surface area contributed by atoms with Crippen molar-refractivity contribution in [2.75, 3.05) is 13.2 Å². The van der Waals surface area contributed by atoms with Gasteiger partial charge in [-0.3, -0.25) is 0 Å². The van der Waals surface area contributed by atoms with Crippen LogP contribution in [0.3, 0.4) is 0 Å². The van der Waals surface area contributed by atoms with Gasteiger partial charge in [0.2, 0.25) is 0 Å². The lowest BCUT2D eigenvalue weighted by Crippen LogP contribution is -2.12. The van der Waals surface area contributed by atoms with Gasteiger partial charge >= 0.3 is 0 Å². The maximum absolute atomic E-state index is 10.1. The topological polar surface area (TPSA) is 38.7 Å². The highest BCUT2D eigenvalue weighted by Gasteiger charge is 2.16. The first-order valence-corrected chi connectivity index (χ1v) is 7.67. The minimum atomic E-state index is -0.551. The molecule has 0 bridgehead atoms. The Morgan fingerprint density at radius 1 is 1.15 bits per heavy atom. The van der Waals surface area contributed by atoms with E-state index in [-0.39, 0.29) is 6.10 Å². The average molecular weight is 278 g/mol. The molecule has 1 atom stereocenters. The van der Waals surface area contributed by atoms with Crippen molar-refractivity contribution < 1.29 is 14.6 Å². The van der Waals surface area contributed by atoms with Gasteiger partial charge in [0, 0.05) is 6.61 Å². The van der Waals surface area contributed by atoms with Gasteiger partial charge < -0.3 is 14.6 Å². The van der Waals surface area contributed by atoms with Gasteiger partial charge in [-0.15, -0.1) is 0 Å². The Hall–Kier alpha value is -1.06. The Labute approximate surface area is 121 Å². The number of aliphatic hydroxyl groups is 1. The van der Waals surface area contributed by atoms with E-state index in [4.69, 9.17) is 9.47 Å². The molecule has 1 aromatic carbocycles. The minimum Gasteiger partial charge on any atom is -0.491 e. The third-order valence-corrected chi connectivity index (χ3v) is 3.74. The Kier molecular flexibility index (Phi) is 5.86. The van der Waals surface area contributed by atoms with Crippen molar-refractivity contribution in [2.24, 2.45) is 5.92 Å². The lowest BCUT2D eigenvalue weighted by Gasteiger charge is -2.15. The smallest absolute Gasteiger partial charge is 0.119 e. The second kappa shape index (κ2) is 7.65. The summed E-state index contributed by atoms with van der Waals surface area (Å²) in [5, 5.41) is 10.1. The molecule has 1 N–H and O–H groups in total. The molecule has 0 spiro atoms. The first kappa shape index (κ1) is 15.3. The van der Waals surface area contributed by atoms with Gasteiger partial charge in [-0.25, -0.2) is 0 Å². The fraction of sp³-hybridized carbons (Fsp3) is 0.647. The molecule has 2 rings (SSSR count). The number of aliphatic hydroxyl groups excluding tert-OH is 1. The summed E-state index contributed by atoms with van der Waals surface area (Å²) in [6.07, 6.45) is 4.82. The highest BCUT2D eigenvalue weighted by Crippen LogP contribution is 2.25. The zero-order chi connectivity index (χ0) is 14.4. The number of ether oxygens (including phenoxy) is 2. The van der Waals surface area contributed by atoms with Crippen LogP contribution in [0.15, 0.2) is 24.3 Å². The molecule has 1 unspecified atom stereocenters. The molecule has 0 aliphatic heterocycles. The van der Waals surface area contributed by atoms with Crippen LogP contribution in [0, 0.1) is 5.92 Å². The molecule has 3 heteroatoms. The lowest BCUT2D eigenvalue weighted by molar-refractivity contribution is 0.0211. The normalized spacial score (nSPS) is 17.6. The van der Waals surface area contributed by atoms with E-state index in [2.05, 4.69) is 0 Å². The summed E-state index contributed by atoms with van der Waals surface area (Å²) in [6.45, 7) is 5.16. The van der Waals surface area contributed by atoms with Crippen LogP contribution in [0.1, 0.15) is 51.2 Å². The standard InChI is InChI=1S/C17H26O3/c1-13(2)20-16-9-7-15(8-10-16)17(18)12-19-11-14-5-3-4-6-14/h7-10,13-14,17-18H,3-6,11-12H2,1-2H3. The van der Waals surface area contributed by atoms with Crippen LogP contribution in [-0.2, 0) is 4.74 Å². The molecule has 1 saturated carbocycles. The third kappa shape index (κ3) is 4.80. The fourth-order valence-corrected chi connectivity index (χ4v) is 2.66. The van der Waals surface area contributed by atoms with Crippen molar-refractivity contribution in [1.82, 2.24) is 0 Å². The van der Waals surface area contributed by atoms with Gasteiger partial charge in [0.1, 0.15) is 11.9 Å². The molecule has 0 radical (unpaired) electrons. The van der Waals surface area contributed by atoms with Crippen LogP contribution in [0.4, 0.5) is 0 Å². The lowest BCUT2D eigenvalue weighted by atomic mass is 10.1. The predicted molar refractivity (Wildman–Crippen MR) is 79.9 cm³/mol. The average Bonchev–Trinajstić information content (AvgIpc) is 2.92. The van der Waals surface area contributed by atoms with Gasteiger partial charge in [-0.2, -0.15) is 0 Å². The second-order valence-corrected chi connectivity index (χ2v) is 5.94. The number of hydrogen-bond acceptors (Lipinski definition) is 3. The SMILES string of the molecule is CC(C)Oc1ccc(C(O)COCC2CCCC2)cc1. The van der Waals surface area contributed by atoms with E-state index in [9.17, 15) is 5.11 Å². The summed E-state index contributed by atoms with van der Waals surface area (Å²) in [5.41, 5.74) is 0.882. The van der Waals surface area contributed by atoms with Gasteiger partial charge in [0.15, 0.2) is 0 Å². The second-order valence-electron chi connectivity index (χ2n) is 5.94. The first-order valence-electron chi connectivity index (χ1n) is 7.67. The molecule has 1 aliphatic rings. The van der Waals surface area contributed by atoms with Gasteiger partial charge in [0.05, 0.1) is 12.7 Å². The highest BCUT2D eigenvalue weighted by molar-refractivity contribution is 5.28. The van der Waals surface area contributed by atoms with Crippen LogP contribution in [-0.4, -0.2) is 24.4 Å². The van der Waals surface area contributed by atoms with Crippen molar-refractivity contribution in [1.29, 1.82) is 0 Å². The minimum absolute atomic E-state index is 0.167. The molecule has 1 aliphatic carbocycles. The Balaban J connectivity index is 1.75. The van der Waals surface area contributed by atoms with Gasteiger partial charge in [-0.05, 0) is 50.3 Å². The van der Waals surface area contributed by atoms with Crippen LogP contribution < -0.4 is 4.74 Å². The monoisotopic (exact) mass is 278 g/mol. The van der Waals surface area contributed by atoms with Crippen LogP contribution in [0.5, 0.6) is 5.75 Å². The molecule has 3 nitrogen and oxygen atoms in total. The van der Waals surface area contributed by atoms with E-state index in [0.29, 0.717) is 12.5 Å². The molecule has 0 aromatic heterocycles. The summed E-state index contributed by atoms with van der Waals surface area (Å²) >= 11 is 0. The van der Waals surface area contributed by atoms with Crippen molar-refractivity contribution in [3.63, 3.8) is 0 Å². The van der Waals surface area contributed by atoms with Crippen molar-refractivity contribution >= 4 is 0 Å². The van der Waals surface area contributed by atoms with Crippen molar-refractivity contribution in [2.45, 2.75) is 51.7 Å².